The molecule has 0 N–H and O–H groups in total. The van der Waals surface area contributed by atoms with E-state index < -0.39 is 0 Å². The number of benzene rings is 5. The minimum absolute atomic E-state index is 0.106. The zero-order valence-electron chi connectivity index (χ0n) is 31.7. The summed E-state index contributed by atoms with van der Waals surface area (Å²) in [5.41, 5.74) is 15.6. The number of anilines is 3. The van der Waals surface area contributed by atoms with E-state index in [-0.39, 0.29) is 5.41 Å². The first kappa shape index (κ1) is 31.1. The van der Waals surface area contributed by atoms with Gasteiger partial charge in [0.1, 0.15) is 0 Å². The average Bonchev–Trinajstić information content (AvgIpc) is 3.93. The summed E-state index contributed by atoms with van der Waals surface area (Å²) < 4.78 is 2.37. The Morgan fingerprint density at radius 1 is 0.604 bits per heavy atom. The van der Waals surface area contributed by atoms with Gasteiger partial charge in [0.2, 0.25) is 0 Å². The summed E-state index contributed by atoms with van der Waals surface area (Å²) in [7, 11) is 2.22. The van der Waals surface area contributed by atoms with E-state index in [2.05, 4.69) is 133 Å². The van der Waals surface area contributed by atoms with Crippen molar-refractivity contribution in [2.45, 2.75) is 94.8 Å². The van der Waals surface area contributed by atoms with Crippen LogP contribution in [0.3, 0.4) is 0 Å². The second-order valence-electron chi connectivity index (χ2n) is 19.3. The Bertz CT molecular complexity index is 2410. The number of nitrogens with zero attached hydrogens (tertiary/aromatic N) is 2. The normalized spacial score (nSPS) is 30.0. The lowest BCUT2D eigenvalue weighted by Gasteiger charge is -2.57. The molecular weight excluding hydrogens is 641 g/mol. The highest BCUT2D eigenvalue weighted by molar-refractivity contribution is 6.17. The van der Waals surface area contributed by atoms with Crippen LogP contribution >= 0.6 is 0 Å². The van der Waals surface area contributed by atoms with Gasteiger partial charge in [0.25, 0.3) is 0 Å². The van der Waals surface area contributed by atoms with Gasteiger partial charge in [-0.25, -0.2) is 0 Å². The number of hydrogen-bond donors (Lipinski definition) is 0. The molecule has 266 valence electrons. The number of fused-ring (bicyclic) bond motifs is 9. The van der Waals surface area contributed by atoms with Crippen LogP contribution in [0.25, 0.3) is 32.9 Å². The fourth-order valence-electron chi connectivity index (χ4n) is 14.0. The van der Waals surface area contributed by atoms with E-state index >= 15 is 0 Å². The quantitative estimate of drug-likeness (QED) is 0.175. The van der Waals surface area contributed by atoms with Crippen molar-refractivity contribution < 1.29 is 0 Å². The Labute approximate surface area is 315 Å². The van der Waals surface area contributed by atoms with Crippen LogP contribution in [-0.4, -0.2) is 4.57 Å². The van der Waals surface area contributed by atoms with Crippen LogP contribution < -0.4 is 4.90 Å². The van der Waals surface area contributed by atoms with Crippen LogP contribution in [-0.2, 0) is 17.9 Å². The van der Waals surface area contributed by atoms with Crippen molar-refractivity contribution in [1.82, 2.24) is 4.57 Å². The molecule has 6 fully saturated rings. The molecule has 3 atom stereocenters. The maximum absolute atomic E-state index is 2.56. The molecule has 7 aliphatic rings. The van der Waals surface area contributed by atoms with Gasteiger partial charge in [-0.1, -0.05) is 74.9 Å². The Kier molecular flexibility index (Phi) is 6.39. The lowest BCUT2D eigenvalue weighted by atomic mass is 9.48. The number of hydrogen-bond acceptors (Lipinski definition) is 1. The zero-order chi connectivity index (χ0) is 35.2. The smallest absolute Gasteiger partial charge is 0.0495 e. The van der Waals surface area contributed by atoms with Crippen molar-refractivity contribution in [2.24, 2.45) is 36.6 Å². The molecule has 1 aromatic heterocycles. The molecule has 0 amide bonds. The van der Waals surface area contributed by atoms with Gasteiger partial charge in [-0.3, -0.25) is 0 Å². The summed E-state index contributed by atoms with van der Waals surface area (Å²) in [4.78, 5) is 2.56. The molecule has 0 radical (unpaired) electrons. The van der Waals surface area contributed by atoms with Gasteiger partial charge in [-0.2, -0.15) is 0 Å². The Balaban J connectivity index is 0.979. The van der Waals surface area contributed by atoms with Gasteiger partial charge >= 0.3 is 0 Å². The largest absolute Gasteiger partial charge is 0.344 e. The number of rotatable bonds is 5. The molecule has 1 heterocycles. The third-order valence-corrected chi connectivity index (χ3v) is 16.1. The van der Waals surface area contributed by atoms with Crippen LogP contribution in [0, 0.1) is 29.6 Å². The predicted octanol–water partition coefficient (Wildman–Crippen LogP) is 13.5. The third-order valence-electron chi connectivity index (χ3n) is 16.1. The standard InChI is InChI=1S/C51H52N2/c1-50(2)44-20-21-47-49(42-6-4-5-7-46(42)52(47)3)48(44)41-19-18-40(27-45(41)50)53(38-14-10-35(11-15-38)43-26-31-8-9-36(43)25-31)39-16-12-37(13-17-39)51-28-32-22-33(29-51)24-34(23-32)30-51/h4-7,10-21,27,31-34,36,43H,8-9,22-26,28-30H2,1-3H3. The Morgan fingerprint density at radius 3 is 1.96 bits per heavy atom. The summed E-state index contributed by atoms with van der Waals surface area (Å²) in [6.45, 7) is 4.88. The van der Waals surface area contributed by atoms with Crippen LogP contribution in [0.4, 0.5) is 17.1 Å². The first-order valence-corrected chi connectivity index (χ1v) is 21.0. The Morgan fingerprint density at radius 2 is 1.28 bits per heavy atom. The van der Waals surface area contributed by atoms with Gasteiger partial charge in [-0.05, 0) is 181 Å². The van der Waals surface area contributed by atoms with E-state index in [9.17, 15) is 0 Å². The van der Waals surface area contributed by atoms with Crippen molar-refractivity contribution in [1.29, 1.82) is 0 Å². The average molecular weight is 693 g/mol. The summed E-state index contributed by atoms with van der Waals surface area (Å²) in [5.74, 6) is 5.48. The van der Waals surface area contributed by atoms with Crippen LogP contribution in [0.15, 0.2) is 103 Å². The fourth-order valence-corrected chi connectivity index (χ4v) is 14.0. The molecule has 0 saturated heterocycles. The minimum atomic E-state index is -0.106. The van der Waals surface area contributed by atoms with Crippen LogP contribution in [0.2, 0.25) is 0 Å². The summed E-state index contributed by atoms with van der Waals surface area (Å²) >= 11 is 0. The zero-order valence-corrected chi connectivity index (χ0v) is 31.7. The van der Waals surface area contributed by atoms with Crippen molar-refractivity contribution in [2.75, 3.05) is 4.90 Å². The SMILES string of the molecule is Cn1c2ccccc2c2c3c(ccc21)C(C)(C)c1cc(N(c2ccc(C4CC5CCC4C5)cc2)c2ccc(C45CC6CC(CC(C6)C4)C5)cc2)ccc1-3. The fraction of sp³-hybridized carbons (Fsp3) is 0.412. The van der Waals surface area contributed by atoms with Crippen molar-refractivity contribution in [3.8, 4) is 11.1 Å². The molecule has 6 saturated carbocycles. The Hall–Kier alpha value is -4.30. The number of aromatic nitrogens is 1. The predicted molar refractivity (Wildman–Crippen MR) is 221 cm³/mol. The monoisotopic (exact) mass is 692 g/mol. The molecule has 2 heteroatoms. The first-order valence-electron chi connectivity index (χ1n) is 21.0. The molecular formula is C51H52N2. The molecule has 6 bridgehead atoms. The summed E-state index contributed by atoms with van der Waals surface area (Å²) in [5, 5.41) is 2.75. The summed E-state index contributed by atoms with van der Waals surface area (Å²) in [6.07, 6.45) is 14.5. The maximum Gasteiger partial charge on any atom is 0.0495 e. The molecule has 53 heavy (non-hydrogen) atoms. The minimum Gasteiger partial charge on any atom is -0.344 e. The molecule has 7 aliphatic carbocycles. The molecule has 0 aliphatic heterocycles. The lowest BCUT2D eigenvalue weighted by Crippen LogP contribution is -2.48. The molecule has 3 unspecified atom stereocenters. The van der Waals surface area contributed by atoms with Crippen molar-refractivity contribution >= 4 is 38.9 Å². The number of aryl methyl sites for hydroxylation is 1. The van der Waals surface area contributed by atoms with E-state index in [0.717, 1.165) is 35.5 Å². The molecule has 13 rings (SSSR count). The first-order chi connectivity index (χ1) is 25.8. The highest BCUT2D eigenvalue weighted by Gasteiger charge is 2.51. The van der Waals surface area contributed by atoms with Gasteiger partial charge in [0.15, 0.2) is 0 Å². The summed E-state index contributed by atoms with van der Waals surface area (Å²) in [6, 6.07) is 40.9. The second-order valence-corrected chi connectivity index (χ2v) is 19.3. The van der Waals surface area contributed by atoms with Crippen molar-refractivity contribution in [3.63, 3.8) is 0 Å². The van der Waals surface area contributed by atoms with Crippen molar-refractivity contribution in [3.05, 3.63) is 125 Å². The van der Waals surface area contributed by atoms with Crippen LogP contribution in [0.5, 0.6) is 0 Å². The van der Waals surface area contributed by atoms with E-state index in [1.807, 2.05) is 0 Å². The third kappa shape index (κ3) is 4.39. The lowest BCUT2D eigenvalue weighted by molar-refractivity contribution is -0.00518. The molecule has 0 spiro atoms. The maximum atomic E-state index is 2.56. The molecule has 6 aromatic rings. The topological polar surface area (TPSA) is 8.17 Å². The van der Waals surface area contributed by atoms with E-state index in [0.29, 0.717) is 5.41 Å². The van der Waals surface area contributed by atoms with Gasteiger partial charge in [0, 0.05) is 51.3 Å². The van der Waals surface area contributed by atoms with E-state index in [1.165, 1.54) is 125 Å². The highest BCUT2D eigenvalue weighted by Crippen LogP contribution is 2.61. The van der Waals surface area contributed by atoms with Gasteiger partial charge < -0.3 is 9.47 Å². The molecule has 5 aromatic carbocycles. The number of para-hydroxylation sites is 1. The van der Waals surface area contributed by atoms with Gasteiger partial charge in [-0.15, -0.1) is 0 Å². The second kappa shape index (κ2) is 10.9. The molecule has 2 nitrogen and oxygen atoms in total. The van der Waals surface area contributed by atoms with Crippen LogP contribution in [0.1, 0.15) is 106 Å². The highest BCUT2D eigenvalue weighted by atomic mass is 15.1. The van der Waals surface area contributed by atoms with Gasteiger partial charge in [0.05, 0.1) is 0 Å². The van der Waals surface area contributed by atoms with E-state index in [4.69, 9.17) is 0 Å². The van der Waals surface area contributed by atoms with E-state index in [1.54, 1.807) is 11.1 Å².